The van der Waals surface area contributed by atoms with Gasteiger partial charge in [0, 0.05) is 23.4 Å². The van der Waals surface area contributed by atoms with Crippen LogP contribution in [0.5, 0.6) is 0 Å². The van der Waals surface area contributed by atoms with E-state index in [4.69, 9.17) is 14.5 Å². The van der Waals surface area contributed by atoms with Gasteiger partial charge in [0.05, 0.1) is 41.0 Å². The highest BCUT2D eigenvalue weighted by atomic mass is 19.1. The Morgan fingerprint density at radius 2 is 1.98 bits per heavy atom. The second kappa shape index (κ2) is 9.97. The minimum Gasteiger partial charge on any atom is -0.460 e. The van der Waals surface area contributed by atoms with Crippen LogP contribution in [0.2, 0.25) is 0 Å². The third-order valence-corrected chi connectivity index (χ3v) is 9.56. The third-order valence-electron chi connectivity index (χ3n) is 9.56. The van der Waals surface area contributed by atoms with Crippen molar-refractivity contribution in [1.29, 1.82) is 0 Å². The van der Waals surface area contributed by atoms with Gasteiger partial charge in [-0.25, -0.2) is 9.37 Å². The molecule has 0 saturated heterocycles. The normalized spacial score (nSPS) is 20.6. The fourth-order valence-electron chi connectivity index (χ4n) is 6.94. The lowest BCUT2D eigenvalue weighted by atomic mass is 9.81. The van der Waals surface area contributed by atoms with Gasteiger partial charge in [0.25, 0.3) is 11.5 Å². The number of aryl methyl sites for hydroxylation is 1. The average Bonchev–Trinajstić information content (AvgIpc) is 3.70. The van der Waals surface area contributed by atoms with Gasteiger partial charge in [0.2, 0.25) is 5.91 Å². The van der Waals surface area contributed by atoms with E-state index in [9.17, 15) is 19.2 Å². The number of nitrogens with one attached hydrogen (secondary N) is 2. The first-order chi connectivity index (χ1) is 20.7. The molecule has 2 amide bonds. The molecule has 43 heavy (non-hydrogen) atoms. The quantitative estimate of drug-likeness (QED) is 0.250. The van der Waals surface area contributed by atoms with Crippen molar-refractivity contribution in [1.82, 2.24) is 20.2 Å². The number of esters is 1. The van der Waals surface area contributed by atoms with Crippen LogP contribution in [0.4, 0.5) is 4.39 Å². The Morgan fingerprint density at radius 3 is 2.70 bits per heavy atom. The number of hydrogen-bond donors (Lipinski definition) is 2. The van der Waals surface area contributed by atoms with Crippen molar-refractivity contribution in [2.24, 2.45) is 0 Å². The first-order valence-corrected chi connectivity index (χ1v) is 15.0. The molecule has 3 aromatic rings. The molecule has 2 aliphatic heterocycles. The Balaban J connectivity index is 1.33. The number of hydrogen-bond acceptors (Lipinski definition) is 7. The number of benzene rings is 1. The summed E-state index contributed by atoms with van der Waals surface area (Å²) < 4.78 is 28.0. The van der Waals surface area contributed by atoms with Crippen molar-refractivity contribution in [3.05, 3.63) is 61.7 Å². The molecule has 0 bridgehead atoms. The Bertz CT molecular complexity index is 1810. The summed E-state index contributed by atoms with van der Waals surface area (Å²) in [6, 6.07) is 2.88. The second-order valence-electron chi connectivity index (χ2n) is 11.9. The van der Waals surface area contributed by atoms with Gasteiger partial charge in [0.15, 0.2) is 0 Å². The van der Waals surface area contributed by atoms with Gasteiger partial charge in [-0.3, -0.25) is 19.2 Å². The molecular formula is C32H33FN4O6. The van der Waals surface area contributed by atoms with Crippen LogP contribution in [0.3, 0.4) is 0 Å². The molecular weight excluding hydrogens is 555 g/mol. The summed E-state index contributed by atoms with van der Waals surface area (Å²) in [5.74, 6) is -1.66. The van der Waals surface area contributed by atoms with Gasteiger partial charge in [-0.05, 0) is 67.3 Å². The van der Waals surface area contributed by atoms with E-state index in [1.165, 1.54) is 6.07 Å². The summed E-state index contributed by atoms with van der Waals surface area (Å²) in [5, 5.41) is 6.68. The molecule has 4 heterocycles. The minimum atomic E-state index is -1.00. The fourth-order valence-corrected chi connectivity index (χ4v) is 6.94. The Labute approximate surface area is 247 Å². The van der Waals surface area contributed by atoms with Crippen LogP contribution < -0.4 is 16.2 Å². The number of halogens is 1. The summed E-state index contributed by atoms with van der Waals surface area (Å²) in [6.07, 6.45) is 3.00. The number of carbonyl (C=O) groups is 3. The van der Waals surface area contributed by atoms with Crippen LogP contribution in [0.25, 0.3) is 22.3 Å². The predicted octanol–water partition coefficient (Wildman–Crippen LogP) is 3.56. The van der Waals surface area contributed by atoms with Gasteiger partial charge in [0.1, 0.15) is 24.8 Å². The lowest BCUT2D eigenvalue weighted by Gasteiger charge is -2.31. The topological polar surface area (TPSA) is 129 Å². The lowest BCUT2D eigenvalue weighted by Crippen LogP contribution is -2.43. The predicted molar refractivity (Wildman–Crippen MR) is 154 cm³/mol. The first-order valence-electron chi connectivity index (χ1n) is 15.0. The molecule has 2 aromatic heterocycles. The minimum absolute atomic E-state index is 0.0468. The maximum atomic E-state index is 15.1. The summed E-state index contributed by atoms with van der Waals surface area (Å²) in [4.78, 5) is 56.5. The highest BCUT2D eigenvalue weighted by molar-refractivity contribution is 5.95. The van der Waals surface area contributed by atoms with E-state index < -0.39 is 17.6 Å². The molecule has 224 valence electrons. The molecule has 4 aliphatic rings. The van der Waals surface area contributed by atoms with E-state index >= 15 is 4.39 Å². The summed E-state index contributed by atoms with van der Waals surface area (Å²) in [7, 11) is 0. The summed E-state index contributed by atoms with van der Waals surface area (Å²) >= 11 is 0. The van der Waals surface area contributed by atoms with Crippen LogP contribution in [0.15, 0.2) is 16.9 Å². The van der Waals surface area contributed by atoms with Crippen LogP contribution >= 0.6 is 0 Å². The number of fused-ring (bicyclic) bond motifs is 5. The maximum Gasteiger partial charge on any atom is 0.313 e. The molecule has 1 saturated carbocycles. The zero-order valence-electron chi connectivity index (χ0n) is 24.4. The molecule has 11 heteroatoms. The Morgan fingerprint density at radius 1 is 1.19 bits per heavy atom. The molecule has 0 unspecified atom stereocenters. The largest absolute Gasteiger partial charge is 0.460 e. The zero-order chi connectivity index (χ0) is 30.2. The van der Waals surface area contributed by atoms with Crippen molar-refractivity contribution in [2.45, 2.75) is 90.0 Å². The van der Waals surface area contributed by atoms with Gasteiger partial charge < -0.3 is 24.7 Å². The highest BCUT2D eigenvalue weighted by Gasteiger charge is 2.52. The number of cyclic esters (lactones) is 1. The molecule has 2 atom stereocenters. The second-order valence-corrected chi connectivity index (χ2v) is 11.9. The average molecular weight is 589 g/mol. The monoisotopic (exact) mass is 588 g/mol. The van der Waals surface area contributed by atoms with Gasteiger partial charge in [-0.15, -0.1) is 0 Å². The molecule has 10 nitrogen and oxygen atoms in total. The lowest BCUT2D eigenvalue weighted by molar-refractivity contribution is -0.148. The fraction of sp³-hybridized carbons (Fsp3) is 0.469. The van der Waals surface area contributed by atoms with Crippen molar-refractivity contribution in [3.63, 3.8) is 0 Å². The van der Waals surface area contributed by atoms with Crippen LogP contribution in [0, 0.1) is 12.7 Å². The maximum absolute atomic E-state index is 15.1. The Hall–Kier alpha value is -4.12. The van der Waals surface area contributed by atoms with E-state index in [1.807, 2.05) is 13.0 Å². The van der Waals surface area contributed by atoms with E-state index in [1.54, 1.807) is 18.4 Å². The summed E-state index contributed by atoms with van der Waals surface area (Å²) in [6.45, 7) is 5.50. The van der Waals surface area contributed by atoms with E-state index in [0.717, 1.165) is 22.1 Å². The van der Waals surface area contributed by atoms with Crippen molar-refractivity contribution in [2.75, 3.05) is 6.73 Å². The van der Waals surface area contributed by atoms with Gasteiger partial charge in [-0.1, -0.05) is 13.8 Å². The summed E-state index contributed by atoms with van der Waals surface area (Å²) in [5.41, 5.74) is 4.56. The number of amides is 2. The molecule has 2 N–H and O–H groups in total. The standard InChI is InChI=1S/C32H33FN4O6/c1-4-16-18-10-24-28-19(12-37(24)29(39)20(18)13-42-30(16)40)27-22(7-6-17-15(3)21(33)11-23(35-28)26(17)27)36-31(41)32(8-9-32)43-14-34-25(38)5-2/h10-11,16,22H,4-9,12-14H2,1-3H3,(H,34,38)(H,36,41)/t16-,22+/m1/s1. The van der Waals surface area contributed by atoms with Crippen molar-refractivity contribution in [3.8, 4) is 11.4 Å². The van der Waals surface area contributed by atoms with E-state index in [-0.39, 0.29) is 49.0 Å². The van der Waals surface area contributed by atoms with Gasteiger partial charge >= 0.3 is 5.97 Å². The van der Waals surface area contributed by atoms with E-state index in [2.05, 4.69) is 10.6 Å². The number of rotatable bonds is 7. The van der Waals surface area contributed by atoms with E-state index in [0.29, 0.717) is 72.1 Å². The number of pyridine rings is 2. The molecule has 1 aromatic carbocycles. The molecule has 0 radical (unpaired) electrons. The highest BCUT2D eigenvalue weighted by Crippen LogP contribution is 2.47. The Kier molecular flexibility index (Phi) is 6.42. The van der Waals surface area contributed by atoms with Gasteiger partial charge in [-0.2, -0.15) is 0 Å². The van der Waals surface area contributed by atoms with Crippen molar-refractivity contribution >= 4 is 28.7 Å². The molecule has 2 aliphatic carbocycles. The van der Waals surface area contributed by atoms with Crippen LogP contribution in [-0.4, -0.2) is 39.7 Å². The number of carbonyl (C=O) groups excluding carboxylic acids is 3. The molecule has 7 rings (SSSR count). The SMILES string of the molecule is CCC(=O)NCOC1(C(=O)N[C@H]2CCc3c(C)c(F)cc4nc5c(c2c34)Cn2c-5cc3c(c2=O)COC(=O)[C@@H]3CC)CC1. The van der Waals surface area contributed by atoms with Crippen molar-refractivity contribution < 1.29 is 28.2 Å². The zero-order valence-corrected chi connectivity index (χ0v) is 24.4. The third kappa shape index (κ3) is 4.19. The number of ether oxygens (including phenoxy) is 2. The number of aromatic nitrogens is 2. The molecule has 0 spiro atoms. The first kappa shape index (κ1) is 27.7. The van der Waals surface area contributed by atoms with Crippen LogP contribution in [-0.2, 0) is 43.4 Å². The molecule has 1 fully saturated rings. The number of nitrogens with zero attached hydrogens (tertiary/aromatic N) is 2. The van der Waals surface area contributed by atoms with Crippen LogP contribution in [0.1, 0.15) is 91.3 Å². The smallest absolute Gasteiger partial charge is 0.313 e.